The number of aliphatic hydroxyl groups excluding tert-OH is 1. The maximum Gasteiger partial charge on any atom is 0.0569 e. The van der Waals surface area contributed by atoms with Crippen molar-refractivity contribution in [3.05, 3.63) is 0 Å². The minimum absolute atomic E-state index is 0. The van der Waals surface area contributed by atoms with Crippen LogP contribution in [-0.2, 0) is 0 Å². The van der Waals surface area contributed by atoms with Gasteiger partial charge >= 0.3 is 0 Å². The highest BCUT2D eigenvalue weighted by Gasteiger charge is 2.20. The van der Waals surface area contributed by atoms with Crippen LogP contribution in [0.2, 0.25) is 0 Å². The maximum absolute atomic E-state index is 9.95. The zero-order chi connectivity index (χ0) is 10.2. The lowest BCUT2D eigenvalue weighted by Gasteiger charge is -2.27. The smallest absolute Gasteiger partial charge is 0.0569 e. The first-order valence-corrected chi connectivity index (χ1v) is 6.23. The van der Waals surface area contributed by atoms with E-state index in [0.717, 1.165) is 32.4 Å². The zero-order valence-corrected chi connectivity index (χ0v) is 10.7. The van der Waals surface area contributed by atoms with E-state index in [2.05, 4.69) is 12.2 Å². The molecule has 1 heterocycles. The van der Waals surface area contributed by atoms with Crippen molar-refractivity contribution < 1.29 is 5.11 Å². The van der Waals surface area contributed by atoms with E-state index in [1.54, 1.807) is 0 Å². The third kappa shape index (κ3) is 6.39. The van der Waals surface area contributed by atoms with Gasteiger partial charge in [0.2, 0.25) is 0 Å². The molecular weight excluding hydrogens is 210 g/mol. The highest BCUT2D eigenvalue weighted by atomic mass is 35.5. The molecule has 0 aromatic rings. The lowest BCUT2D eigenvalue weighted by Crippen LogP contribution is -2.34. The highest BCUT2D eigenvalue weighted by Crippen LogP contribution is 2.20. The second-order valence-electron chi connectivity index (χ2n) is 4.50. The number of piperidine rings is 1. The van der Waals surface area contributed by atoms with Gasteiger partial charge in [-0.1, -0.05) is 32.6 Å². The Bertz CT molecular complexity index is 138. The summed E-state index contributed by atoms with van der Waals surface area (Å²) in [6.45, 7) is 4.41. The number of nitrogens with one attached hydrogen (secondary N) is 1. The van der Waals surface area contributed by atoms with Crippen LogP contribution in [-0.4, -0.2) is 24.3 Å². The van der Waals surface area contributed by atoms with E-state index >= 15 is 0 Å². The molecule has 1 atom stereocenters. The summed E-state index contributed by atoms with van der Waals surface area (Å²) in [5.74, 6) is 0.567. The first-order chi connectivity index (χ1) is 6.84. The van der Waals surface area contributed by atoms with Crippen LogP contribution in [0.3, 0.4) is 0 Å². The standard InChI is InChI=1S/C12H25NO.ClH/c1-2-3-4-5-6-12(14)11-7-9-13-10-8-11;/h11-14H,2-10H2,1H3;1H. The normalized spacial score (nSPS) is 19.6. The Labute approximate surface area is 100 Å². The minimum Gasteiger partial charge on any atom is -0.393 e. The van der Waals surface area contributed by atoms with Crippen LogP contribution < -0.4 is 5.32 Å². The fourth-order valence-electron chi connectivity index (χ4n) is 2.24. The molecule has 15 heavy (non-hydrogen) atoms. The molecule has 1 saturated heterocycles. The van der Waals surface area contributed by atoms with E-state index in [9.17, 15) is 5.11 Å². The largest absolute Gasteiger partial charge is 0.393 e. The monoisotopic (exact) mass is 235 g/mol. The number of rotatable bonds is 6. The molecule has 0 aliphatic carbocycles. The number of halogens is 1. The average Bonchev–Trinajstić information content (AvgIpc) is 2.25. The summed E-state index contributed by atoms with van der Waals surface area (Å²) >= 11 is 0. The molecule has 0 radical (unpaired) electrons. The summed E-state index contributed by atoms with van der Waals surface area (Å²) < 4.78 is 0. The van der Waals surface area contributed by atoms with Crippen molar-refractivity contribution in [1.82, 2.24) is 5.32 Å². The lowest BCUT2D eigenvalue weighted by atomic mass is 9.89. The molecule has 0 saturated carbocycles. The van der Waals surface area contributed by atoms with Gasteiger partial charge in [0.05, 0.1) is 6.10 Å². The van der Waals surface area contributed by atoms with Gasteiger partial charge in [-0.2, -0.15) is 0 Å². The Morgan fingerprint density at radius 3 is 2.47 bits per heavy atom. The second-order valence-corrected chi connectivity index (χ2v) is 4.50. The highest BCUT2D eigenvalue weighted by molar-refractivity contribution is 5.85. The fraction of sp³-hybridized carbons (Fsp3) is 1.00. The van der Waals surface area contributed by atoms with Crippen molar-refractivity contribution in [2.75, 3.05) is 13.1 Å². The Balaban J connectivity index is 0.00000196. The topological polar surface area (TPSA) is 32.3 Å². The van der Waals surface area contributed by atoms with Gasteiger partial charge in [0, 0.05) is 0 Å². The van der Waals surface area contributed by atoms with Crippen LogP contribution in [0, 0.1) is 5.92 Å². The van der Waals surface area contributed by atoms with E-state index in [1.165, 1.54) is 25.7 Å². The SMILES string of the molecule is CCCCCCC(O)C1CCNCC1.Cl. The van der Waals surface area contributed by atoms with E-state index in [1.807, 2.05) is 0 Å². The molecule has 1 rings (SSSR count). The van der Waals surface area contributed by atoms with E-state index in [-0.39, 0.29) is 18.5 Å². The molecule has 92 valence electrons. The summed E-state index contributed by atoms with van der Waals surface area (Å²) in [4.78, 5) is 0. The maximum atomic E-state index is 9.95. The van der Waals surface area contributed by atoms with Crippen LogP contribution in [0.15, 0.2) is 0 Å². The van der Waals surface area contributed by atoms with E-state index < -0.39 is 0 Å². The summed E-state index contributed by atoms with van der Waals surface area (Å²) in [6, 6.07) is 0. The van der Waals surface area contributed by atoms with Gasteiger partial charge in [0.1, 0.15) is 0 Å². The van der Waals surface area contributed by atoms with Crippen LogP contribution >= 0.6 is 12.4 Å². The van der Waals surface area contributed by atoms with E-state index in [0.29, 0.717) is 5.92 Å². The molecule has 0 bridgehead atoms. The van der Waals surface area contributed by atoms with Gasteiger partial charge in [-0.25, -0.2) is 0 Å². The van der Waals surface area contributed by atoms with Crippen molar-refractivity contribution in [3.8, 4) is 0 Å². The van der Waals surface area contributed by atoms with E-state index in [4.69, 9.17) is 0 Å². The predicted molar refractivity (Wildman–Crippen MR) is 67.6 cm³/mol. The molecule has 1 fully saturated rings. The second kappa shape index (κ2) is 9.44. The Hall–Kier alpha value is 0.210. The van der Waals surface area contributed by atoms with Crippen LogP contribution in [0.1, 0.15) is 51.9 Å². The fourth-order valence-corrected chi connectivity index (χ4v) is 2.24. The van der Waals surface area contributed by atoms with Crippen LogP contribution in [0.5, 0.6) is 0 Å². The van der Waals surface area contributed by atoms with Gasteiger partial charge < -0.3 is 10.4 Å². The molecule has 0 spiro atoms. The minimum atomic E-state index is -0.0334. The zero-order valence-electron chi connectivity index (χ0n) is 9.87. The van der Waals surface area contributed by atoms with Gasteiger partial charge in [-0.15, -0.1) is 12.4 Å². The van der Waals surface area contributed by atoms with Gasteiger partial charge in [-0.3, -0.25) is 0 Å². The van der Waals surface area contributed by atoms with Crippen molar-refractivity contribution in [1.29, 1.82) is 0 Å². The molecule has 1 aliphatic rings. The summed E-state index contributed by atoms with van der Waals surface area (Å²) in [6.07, 6.45) is 8.41. The quantitative estimate of drug-likeness (QED) is 0.694. The Morgan fingerprint density at radius 1 is 1.20 bits per heavy atom. The Morgan fingerprint density at radius 2 is 1.87 bits per heavy atom. The molecule has 1 unspecified atom stereocenters. The molecule has 0 amide bonds. The predicted octanol–water partition coefficient (Wildman–Crippen LogP) is 2.74. The molecule has 0 aromatic heterocycles. The summed E-state index contributed by atoms with van der Waals surface area (Å²) in [7, 11) is 0. The first kappa shape index (κ1) is 15.2. The van der Waals surface area contributed by atoms with Crippen molar-refractivity contribution in [2.24, 2.45) is 5.92 Å². The molecule has 2 nitrogen and oxygen atoms in total. The third-order valence-corrected chi connectivity index (χ3v) is 3.28. The van der Waals surface area contributed by atoms with Crippen LogP contribution in [0.25, 0.3) is 0 Å². The molecule has 2 N–H and O–H groups in total. The lowest BCUT2D eigenvalue weighted by molar-refractivity contribution is 0.0785. The molecule has 3 heteroatoms. The Kier molecular flexibility index (Phi) is 9.57. The number of hydrogen-bond acceptors (Lipinski definition) is 2. The van der Waals surface area contributed by atoms with Crippen molar-refractivity contribution in [3.63, 3.8) is 0 Å². The van der Waals surface area contributed by atoms with Crippen molar-refractivity contribution >= 4 is 12.4 Å². The average molecular weight is 236 g/mol. The summed E-state index contributed by atoms with van der Waals surface area (Å²) in [5.41, 5.74) is 0. The summed E-state index contributed by atoms with van der Waals surface area (Å²) in [5, 5.41) is 13.3. The molecule has 0 aromatic carbocycles. The third-order valence-electron chi connectivity index (χ3n) is 3.28. The number of aliphatic hydroxyl groups is 1. The molecule has 1 aliphatic heterocycles. The number of hydrogen-bond donors (Lipinski definition) is 2. The van der Waals surface area contributed by atoms with Gasteiger partial charge in [0.25, 0.3) is 0 Å². The van der Waals surface area contributed by atoms with Crippen LogP contribution in [0.4, 0.5) is 0 Å². The first-order valence-electron chi connectivity index (χ1n) is 6.23. The van der Waals surface area contributed by atoms with Gasteiger partial charge in [-0.05, 0) is 38.3 Å². The van der Waals surface area contributed by atoms with Gasteiger partial charge in [0.15, 0.2) is 0 Å². The van der Waals surface area contributed by atoms with Crippen molar-refractivity contribution in [2.45, 2.75) is 58.0 Å². The number of unbranched alkanes of at least 4 members (excludes halogenated alkanes) is 3. The molecular formula is C12H26ClNO.